The largest absolute Gasteiger partial charge is 0.465 e. The lowest BCUT2D eigenvalue weighted by Crippen LogP contribution is -2.00. The average molecular weight is 412 g/mol. The molecule has 0 atom stereocenters. The number of rotatable bonds is 7. The van der Waals surface area contributed by atoms with E-state index >= 15 is 0 Å². The number of hydrogen-bond acceptors (Lipinski definition) is 6. The molecule has 0 aliphatic heterocycles. The minimum absolute atomic E-state index is 0.0627. The van der Waals surface area contributed by atoms with Gasteiger partial charge in [0.1, 0.15) is 0 Å². The molecule has 160 valence electrons. The standard InChI is InChI=1S/C12H16O3.C12H12O3/c2*1-15-12(14)11-7-5-10(6-8-11)4-2-3-9-13/h5-8,13H,2-4,9H2,1H3;5-8,13H,3,9H2,1H3. The maximum atomic E-state index is 11.1. The van der Waals surface area contributed by atoms with Gasteiger partial charge in [0.25, 0.3) is 0 Å². The summed E-state index contributed by atoms with van der Waals surface area (Å²) in [7, 11) is 2.72. The Balaban J connectivity index is 0.000000300. The van der Waals surface area contributed by atoms with E-state index in [2.05, 4.69) is 21.3 Å². The molecule has 2 aromatic carbocycles. The predicted octanol–water partition coefficient (Wildman–Crippen LogP) is 3.00. The van der Waals surface area contributed by atoms with Crippen molar-refractivity contribution in [1.29, 1.82) is 0 Å². The van der Waals surface area contributed by atoms with Gasteiger partial charge in [0.15, 0.2) is 0 Å². The first-order valence-corrected chi connectivity index (χ1v) is 9.62. The van der Waals surface area contributed by atoms with E-state index in [4.69, 9.17) is 10.2 Å². The zero-order chi connectivity index (χ0) is 22.2. The molecule has 2 aromatic rings. The molecule has 2 N–H and O–H groups in total. The third-order valence-corrected chi connectivity index (χ3v) is 4.02. The molecule has 0 radical (unpaired) electrons. The average Bonchev–Trinajstić information content (AvgIpc) is 2.79. The van der Waals surface area contributed by atoms with Gasteiger partial charge in [-0.2, -0.15) is 0 Å². The van der Waals surface area contributed by atoms with Gasteiger partial charge in [0.2, 0.25) is 0 Å². The summed E-state index contributed by atoms with van der Waals surface area (Å²) < 4.78 is 9.17. The lowest BCUT2D eigenvalue weighted by Gasteiger charge is -2.02. The van der Waals surface area contributed by atoms with Crippen molar-refractivity contribution in [1.82, 2.24) is 0 Å². The van der Waals surface area contributed by atoms with Gasteiger partial charge in [-0.05, 0) is 61.2 Å². The Morgan fingerprint density at radius 1 is 0.800 bits per heavy atom. The highest BCUT2D eigenvalue weighted by atomic mass is 16.5. The molecule has 0 saturated heterocycles. The zero-order valence-corrected chi connectivity index (χ0v) is 17.4. The molecule has 0 spiro atoms. The van der Waals surface area contributed by atoms with E-state index in [1.54, 1.807) is 36.4 Å². The number of benzene rings is 2. The van der Waals surface area contributed by atoms with Gasteiger partial charge < -0.3 is 19.7 Å². The van der Waals surface area contributed by atoms with E-state index in [1.807, 2.05) is 12.1 Å². The van der Waals surface area contributed by atoms with Crippen LogP contribution >= 0.6 is 0 Å². The fourth-order valence-electron chi connectivity index (χ4n) is 2.39. The summed E-state index contributed by atoms with van der Waals surface area (Å²) in [5.74, 6) is 5.00. The normalized spacial score (nSPS) is 9.47. The molecule has 0 bridgehead atoms. The Labute approximate surface area is 177 Å². The van der Waals surface area contributed by atoms with Crippen molar-refractivity contribution in [3.8, 4) is 11.8 Å². The first kappa shape index (κ1) is 24.9. The monoisotopic (exact) mass is 412 g/mol. The van der Waals surface area contributed by atoms with Crippen molar-refractivity contribution in [2.45, 2.75) is 25.7 Å². The smallest absolute Gasteiger partial charge is 0.337 e. The van der Waals surface area contributed by atoms with Crippen LogP contribution in [-0.4, -0.2) is 49.6 Å². The SMILES string of the molecule is COC(=O)c1ccc(C#CCCO)cc1.COC(=O)c1ccc(CCCCO)cc1. The summed E-state index contributed by atoms with van der Waals surface area (Å²) in [6.07, 6.45) is 3.17. The van der Waals surface area contributed by atoms with Gasteiger partial charge >= 0.3 is 11.9 Å². The van der Waals surface area contributed by atoms with Gasteiger partial charge in [0, 0.05) is 18.6 Å². The van der Waals surface area contributed by atoms with E-state index < -0.39 is 0 Å². The van der Waals surface area contributed by atoms with Crippen molar-refractivity contribution in [3.05, 3.63) is 70.8 Å². The highest BCUT2D eigenvalue weighted by Gasteiger charge is 2.04. The fourth-order valence-corrected chi connectivity index (χ4v) is 2.39. The number of aliphatic hydroxyl groups excluding tert-OH is 2. The second kappa shape index (κ2) is 14.8. The van der Waals surface area contributed by atoms with Crippen molar-refractivity contribution in [2.24, 2.45) is 0 Å². The number of aliphatic hydroxyl groups is 2. The topological polar surface area (TPSA) is 93.1 Å². The van der Waals surface area contributed by atoms with Crippen LogP contribution in [0.1, 0.15) is 51.1 Å². The molecule has 0 heterocycles. The summed E-state index contributed by atoms with van der Waals surface area (Å²) in [5.41, 5.74) is 3.07. The molecule has 6 nitrogen and oxygen atoms in total. The molecule has 0 aliphatic carbocycles. The highest BCUT2D eigenvalue weighted by molar-refractivity contribution is 5.89. The maximum absolute atomic E-state index is 11.1. The van der Waals surface area contributed by atoms with Gasteiger partial charge in [-0.1, -0.05) is 24.0 Å². The summed E-state index contributed by atoms with van der Waals surface area (Å²) in [4.78, 5) is 22.2. The van der Waals surface area contributed by atoms with E-state index in [0.717, 1.165) is 24.8 Å². The molecule has 0 amide bonds. The van der Waals surface area contributed by atoms with Crippen LogP contribution in [0, 0.1) is 11.8 Å². The first-order valence-electron chi connectivity index (χ1n) is 9.62. The van der Waals surface area contributed by atoms with Gasteiger partial charge in [0.05, 0.1) is 32.0 Å². The highest BCUT2D eigenvalue weighted by Crippen LogP contribution is 2.08. The predicted molar refractivity (Wildman–Crippen MR) is 114 cm³/mol. The van der Waals surface area contributed by atoms with Gasteiger partial charge in [-0.15, -0.1) is 0 Å². The van der Waals surface area contributed by atoms with Crippen molar-refractivity contribution in [2.75, 3.05) is 27.4 Å². The molecule has 0 aliphatic rings. The molecule has 30 heavy (non-hydrogen) atoms. The first-order chi connectivity index (χ1) is 14.5. The van der Waals surface area contributed by atoms with E-state index in [9.17, 15) is 9.59 Å². The molecule has 6 heteroatoms. The van der Waals surface area contributed by atoms with Crippen LogP contribution in [0.2, 0.25) is 0 Å². The number of carbonyl (C=O) groups is 2. The number of ether oxygens (including phenoxy) is 2. The van der Waals surface area contributed by atoms with Crippen LogP contribution in [0.3, 0.4) is 0 Å². The van der Waals surface area contributed by atoms with E-state index in [-0.39, 0.29) is 25.2 Å². The zero-order valence-electron chi connectivity index (χ0n) is 17.4. The third kappa shape index (κ3) is 9.37. The Morgan fingerprint density at radius 2 is 1.33 bits per heavy atom. The number of aryl methyl sites for hydroxylation is 1. The van der Waals surface area contributed by atoms with Crippen LogP contribution in [-0.2, 0) is 15.9 Å². The lowest BCUT2D eigenvalue weighted by molar-refractivity contribution is 0.0592. The Kier molecular flexibility index (Phi) is 12.3. The van der Waals surface area contributed by atoms with Crippen LogP contribution in [0.25, 0.3) is 0 Å². The third-order valence-electron chi connectivity index (χ3n) is 4.02. The van der Waals surface area contributed by atoms with Crippen LogP contribution < -0.4 is 0 Å². The minimum atomic E-state index is -0.357. The van der Waals surface area contributed by atoms with Crippen LogP contribution in [0.5, 0.6) is 0 Å². The second-order valence-electron chi connectivity index (χ2n) is 6.21. The maximum Gasteiger partial charge on any atom is 0.337 e. The minimum Gasteiger partial charge on any atom is -0.465 e. The van der Waals surface area contributed by atoms with Crippen LogP contribution in [0.4, 0.5) is 0 Å². The Morgan fingerprint density at radius 3 is 1.80 bits per heavy atom. The number of methoxy groups -OCH3 is 2. The summed E-state index contributed by atoms with van der Waals surface area (Å²) in [6.45, 7) is 0.299. The fraction of sp³-hybridized carbons (Fsp3) is 0.333. The molecule has 2 rings (SSSR count). The Hall–Kier alpha value is -3.14. The van der Waals surface area contributed by atoms with Gasteiger partial charge in [-0.25, -0.2) is 9.59 Å². The van der Waals surface area contributed by atoms with Crippen molar-refractivity contribution < 1.29 is 29.3 Å². The summed E-state index contributed by atoms with van der Waals surface area (Å²) in [5, 5.41) is 17.2. The van der Waals surface area contributed by atoms with Crippen LogP contribution in [0.15, 0.2) is 48.5 Å². The quantitative estimate of drug-likeness (QED) is 0.413. The Bertz CT molecular complexity index is 829. The summed E-state index contributed by atoms with van der Waals surface area (Å²) in [6, 6.07) is 14.2. The number of unbranched alkanes of at least 4 members (excludes halogenated alkanes) is 1. The number of carbonyl (C=O) groups excluding carboxylic acids is 2. The second-order valence-corrected chi connectivity index (χ2v) is 6.21. The molecule has 0 aromatic heterocycles. The van der Waals surface area contributed by atoms with E-state index in [1.165, 1.54) is 19.8 Å². The number of hydrogen-bond donors (Lipinski definition) is 2. The molecular weight excluding hydrogens is 384 g/mol. The molecule has 0 fully saturated rings. The molecular formula is C24H28O6. The lowest BCUT2D eigenvalue weighted by atomic mass is 10.1. The van der Waals surface area contributed by atoms with Crippen molar-refractivity contribution >= 4 is 11.9 Å². The summed E-state index contributed by atoms with van der Waals surface area (Å²) >= 11 is 0. The van der Waals surface area contributed by atoms with E-state index in [0.29, 0.717) is 17.5 Å². The molecule has 0 unspecified atom stereocenters. The number of esters is 2. The van der Waals surface area contributed by atoms with Crippen molar-refractivity contribution in [3.63, 3.8) is 0 Å². The molecule has 0 saturated carbocycles. The van der Waals surface area contributed by atoms with Gasteiger partial charge in [-0.3, -0.25) is 0 Å².